The fraction of sp³-hybridized carbons (Fsp3) is 0.263. The number of benzene rings is 2. The van der Waals surface area contributed by atoms with Gasteiger partial charge in [-0.15, -0.1) is 10.2 Å². The molecule has 0 atom stereocenters. The Morgan fingerprint density at radius 2 is 1.79 bits per heavy atom. The number of thioether (sulfide) groups is 1. The number of hydrogen-bond donors (Lipinski definition) is 1. The number of aromatic nitrogens is 2. The van der Waals surface area contributed by atoms with Gasteiger partial charge in [0.2, 0.25) is 11.0 Å². The summed E-state index contributed by atoms with van der Waals surface area (Å²) in [6, 6.07) is 13.8. The number of hydrogen-bond acceptors (Lipinski definition) is 7. The lowest BCUT2D eigenvalue weighted by Gasteiger charge is -2.34. The van der Waals surface area contributed by atoms with Gasteiger partial charge in [0.05, 0.1) is 5.75 Å². The van der Waals surface area contributed by atoms with Gasteiger partial charge in [-0.1, -0.05) is 59.5 Å². The van der Waals surface area contributed by atoms with E-state index in [9.17, 15) is 9.59 Å². The minimum absolute atomic E-state index is 0.0615. The molecule has 2 N–H and O–H groups in total. The fourth-order valence-corrected chi connectivity index (χ4v) is 4.84. The number of nitrogens with two attached hydrogens (primary N) is 1. The molecule has 1 aliphatic heterocycles. The molecule has 28 heavy (non-hydrogen) atoms. The number of fused-ring (bicyclic) bond motifs is 1. The highest BCUT2D eigenvalue weighted by Gasteiger charge is 2.25. The van der Waals surface area contributed by atoms with Crippen molar-refractivity contribution in [1.82, 2.24) is 15.1 Å². The molecule has 0 aliphatic carbocycles. The van der Waals surface area contributed by atoms with E-state index < -0.39 is 0 Å². The maximum absolute atomic E-state index is 13.0. The Morgan fingerprint density at radius 3 is 2.57 bits per heavy atom. The van der Waals surface area contributed by atoms with Crippen molar-refractivity contribution in [2.24, 2.45) is 5.73 Å². The first-order valence-corrected chi connectivity index (χ1v) is 10.7. The predicted molar refractivity (Wildman–Crippen MR) is 112 cm³/mol. The first-order valence-electron chi connectivity index (χ1n) is 8.88. The van der Waals surface area contributed by atoms with Crippen LogP contribution in [-0.4, -0.2) is 58.8 Å². The third-order valence-electron chi connectivity index (χ3n) is 4.59. The highest BCUT2D eigenvalue weighted by Crippen LogP contribution is 2.29. The highest BCUT2D eigenvalue weighted by molar-refractivity contribution is 8.01. The topological polar surface area (TPSA) is 92.4 Å². The molecule has 2 heterocycles. The second-order valence-corrected chi connectivity index (χ2v) is 8.59. The van der Waals surface area contributed by atoms with E-state index in [0.29, 0.717) is 26.2 Å². The van der Waals surface area contributed by atoms with Crippen molar-refractivity contribution < 1.29 is 9.59 Å². The normalized spacial score (nSPS) is 14.4. The van der Waals surface area contributed by atoms with Gasteiger partial charge in [0.15, 0.2) is 4.34 Å². The molecule has 1 saturated heterocycles. The Balaban J connectivity index is 1.41. The Labute approximate surface area is 170 Å². The summed E-state index contributed by atoms with van der Waals surface area (Å²) < 4.78 is 0.725. The summed E-state index contributed by atoms with van der Waals surface area (Å²) in [6.07, 6.45) is 0. The maximum Gasteiger partial charge on any atom is 0.254 e. The molecule has 2 aromatic carbocycles. The van der Waals surface area contributed by atoms with E-state index in [1.165, 1.54) is 23.1 Å². The maximum atomic E-state index is 13.0. The average Bonchev–Trinajstić information content (AvgIpc) is 3.20. The van der Waals surface area contributed by atoms with Crippen LogP contribution in [-0.2, 0) is 4.79 Å². The summed E-state index contributed by atoms with van der Waals surface area (Å²) in [7, 11) is 0. The van der Waals surface area contributed by atoms with E-state index in [2.05, 4.69) is 15.1 Å². The molecule has 7 nitrogen and oxygen atoms in total. The van der Waals surface area contributed by atoms with Crippen LogP contribution in [0.1, 0.15) is 10.4 Å². The monoisotopic (exact) mass is 413 g/mol. The van der Waals surface area contributed by atoms with Gasteiger partial charge in [-0.25, -0.2) is 0 Å². The van der Waals surface area contributed by atoms with Gasteiger partial charge in [0, 0.05) is 31.7 Å². The summed E-state index contributed by atoms with van der Waals surface area (Å²) >= 11 is 2.74. The molecule has 3 aromatic rings. The summed E-state index contributed by atoms with van der Waals surface area (Å²) in [4.78, 5) is 27.9. The van der Waals surface area contributed by atoms with Gasteiger partial charge in [0.25, 0.3) is 5.91 Å². The number of nitrogens with zero attached hydrogens (tertiary/aromatic N) is 4. The number of amides is 2. The van der Waals surface area contributed by atoms with Crippen LogP contribution in [0.25, 0.3) is 10.8 Å². The van der Waals surface area contributed by atoms with E-state index in [0.717, 1.165) is 25.8 Å². The third kappa shape index (κ3) is 3.95. The zero-order valence-electron chi connectivity index (χ0n) is 15.1. The molecular weight excluding hydrogens is 394 g/mol. The molecular formula is C19H19N5O2S2. The third-order valence-corrected chi connectivity index (χ3v) is 6.73. The van der Waals surface area contributed by atoms with Crippen molar-refractivity contribution in [2.45, 2.75) is 4.34 Å². The minimum Gasteiger partial charge on any atom is -0.369 e. The Bertz CT molecular complexity index is 1010. The molecule has 0 bridgehead atoms. The summed E-state index contributed by atoms with van der Waals surface area (Å²) in [5, 5.41) is 11.2. The van der Waals surface area contributed by atoms with Crippen LogP contribution in [0.2, 0.25) is 0 Å². The van der Waals surface area contributed by atoms with Crippen LogP contribution in [0.5, 0.6) is 0 Å². The highest BCUT2D eigenvalue weighted by atomic mass is 32.2. The minimum atomic E-state index is -0.373. The van der Waals surface area contributed by atoms with E-state index >= 15 is 0 Å². The zero-order valence-corrected chi connectivity index (χ0v) is 16.7. The number of primary amides is 1. The Morgan fingerprint density at radius 1 is 1.04 bits per heavy atom. The van der Waals surface area contributed by atoms with Crippen molar-refractivity contribution in [3.63, 3.8) is 0 Å². The molecule has 1 aromatic heterocycles. The quantitative estimate of drug-likeness (QED) is 0.645. The van der Waals surface area contributed by atoms with Crippen LogP contribution in [0, 0.1) is 0 Å². The van der Waals surface area contributed by atoms with Gasteiger partial charge >= 0.3 is 0 Å². The lowest BCUT2D eigenvalue weighted by atomic mass is 10.0. The second-order valence-electron chi connectivity index (χ2n) is 6.41. The second kappa shape index (κ2) is 8.15. The van der Waals surface area contributed by atoms with Gasteiger partial charge in [0.1, 0.15) is 0 Å². The number of rotatable bonds is 5. The Kier molecular flexibility index (Phi) is 5.45. The molecule has 1 fully saturated rings. The van der Waals surface area contributed by atoms with Crippen LogP contribution >= 0.6 is 23.1 Å². The first kappa shape index (κ1) is 18.7. The summed E-state index contributed by atoms with van der Waals surface area (Å²) in [6.45, 7) is 2.66. The smallest absolute Gasteiger partial charge is 0.254 e. The number of carbonyl (C=O) groups is 2. The number of carbonyl (C=O) groups excluding carboxylic acids is 2. The number of anilines is 1. The van der Waals surface area contributed by atoms with Gasteiger partial charge in [-0.2, -0.15) is 0 Å². The van der Waals surface area contributed by atoms with Crippen LogP contribution in [0.4, 0.5) is 5.13 Å². The largest absolute Gasteiger partial charge is 0.369 e. The molecule has 4 rings (SSSR count). The first-order chi connectivity index (χ1) is 13.6. The molecule has 144 valence electrons. The molecule has 2 amide bonds. The van der Waals surface area contributed by atoms with Crippen molar-refractivity contribution >= 4 is 50.8 Å². The lowest BCUT2D eigenvalue weighted by molar-refractivity contribution is -0.115. The molecule has 9 heteroatoms. The van der Waals surface area contributed by atoms with Crippen molar-refractivity contribution in [3.8, 4) is 0 Å². The predicted octanol–water partition coefficient (Wildman–Crippen LogP) is 2.23. The standard InChI is InChI=1S/C19H19N5O2S2/c20-16(25)12-27-19-22-21-18(28-19)24-10-8-23(9-11-24)17(26)15-7-3-5-13-4-1-2-6-14(13)15/h1-7H,8-12H2,(H2,20,25). The van der Waals surface area contributed by atoms with Crippen molar-refractivity contribution in [1.29, 1.82) is 0 Å². The van der Waals surface area contributed by atoms with Gasteiger partial charge in [-0.05, 0) is 16.8 Å². The molecule has 0 saturated carbocycles. The molecule has 0 spiro atoms. The SMILES string of the molecule is NC(=O)CSc1nnc(N2CCN(C(=O)c3cccc4ccccc34)CC2)s1. The van der Waals surface area contributed by atoms with E-state index in [-0.39, 0.29) is 17.6 Å². The van der Waals surface area contributed by atoms with Gasteiger partial charge in [-0.3, -0.25) is 9.59 Å². The lowest BCUT2D eigenvalue weighted by Crippen LogP contribution is -2.48. The van der Waals surface area contributed by atoms with E-state index in [4.69, 9.17) is 5.73 Å². The van der Waals surface area contributed by atoms with Crippen molar-refractivity contribution in [2.75, 3.05) is 36.8 Å². The molecule has 0 unspecified atom stereocenters. The molecule has 0 radical (unpaired) electrons. The van der Waals surface area contributed by atoms with Crippen LogP contribution in [0.3, 0.4) is 0 Å². The van der Waals surface area contributed by atoms with Crippen LogP contribution in [0.15, 0.2) is 46.8 Å². The van der Waals surface area contributed by atoms with Crippen molar-refractivity contribution in [3.05, 3.63) is 48.0 Å². The summed E-state index contributed by atoms with van der Waals surface area (Å²) in [5.41, 5.74) is 5.91. The molecule has 1 aliphatic rings. The Hall–Kier alpha value is -2.65. The fourth-order valence-electron chi connectivity index (χ4n) is 3.20. The van der Waals surface area contributed by atoms with Gasteiger partial charge < -0.3 is 15.5 Å². The van der Waals surface area contributed by atoms with Crippen LogP contribution < -0.4 is 10.6 Å². The number of piperazine rings is 1. The van der Waals surface area contributed by atoms with E-state index in [1.807, 2.05) is 47.4 Å². The average molecular weight is 414 g/mol. The zero-order chi connectivity index (χ0) is 19.5. The summed E-state index contributed by atoms with van der Waals surface area (Å²) in [5.74, 6) is -0.115. The van der Waals surface area contributed by atoms with E-state index in [1.54, 1.807) is 0 Å².